The van der Waals surface area contributed by atoms with E-state index < -0.39 is 36.7 Å². The zero-order chi connectivity index (χ0) is 13.0. The molecule has 4 N–H and O–H groups in total. The standard InChI is InChI=1S/C9H15ClO7/c10-2-1-3-16-9(15)7-5(12)4(11)6(13)8(14)17-7/h4-8,11-14H,1-3H2/t4-,5-,6+,7-,8+/m0/s1. The molecule has 0 aromatic carbocycles. The van der Waals surface area contributed by atoms with Crippen LogP contribution >= 0.6 is 11.6 Å². The summed E-state index contributed by atoms with van der Waals surface area (Å²) in [5, 5.41) is 37.2. The SMILES string of the molecule is O=C(OCCCCl)[C@H]1O[C@@H](O)[C@H](O)[C@@H](O)[C@@H]1O. The number of halogens is 1. The van der Waals surface area contributed by atoms with Crippen molar-refractivity contribution in [2.45, 2.75) is 37.1 Å². The molecule has 0 unspecified atom stereocenters. The van der Waals surface area contributed by atoms with Crippen molar-refractivity contribution in [3.05, 3.63) is 0 Å². The summed E-state index contributed by atoms with van der Waals surface area (Å²) in [6, 6.07) is 0. The van der Waals surface area contributed by atoms with Crippen molar-refractivity contribution in [1.82, 2.24) is 0 Å². The first-order chi connectivity index (χ1) is 7.99. The van der Waals surface area contributed by atoms with Crippen molar-refractivity contribution in [3.8, 4) is 0 Å². The molecule has 0 amide bonds. The average molecular weight is 271 g/mol. The largest absolute Gasteiger partial charge is 0.464 e. The van der Waals surface area contributed by atoms with Gasteiger partial charge in [-0.25, -0.2) is 4.79 Å². The zero-order valence-corrected chi connectivity index (χ0v) is 9.66. The van der Waals surface area contributed by atoms with E-state index in [0.717, 1.165) is 0 Å². The van der Waals surface area contributed by atoms with Crippen LogP contribution in [-0.4, -0.2) is 69.6 Å². The number of hydrogen-bond acceptors (Lipinski definition) is 7. The Morgan fingerprint density at radius 2 is 1.82 bits per heavy atom. The predicted molar refractivity (Wildman–Crippen MR) is 55.2 cm³/mol. The zero-order valence-electron chi connectivity index (χ0n) is 8.90. The van der Waals surface area contributed by atoms with Crippen LogP contribution in [0.4, 0.5) is 0 Å². The summed E-state index contributed by atoms with van der Waals surface area (Å²) in [6.45, 7) is 0.0453. The van der Waals surface area contributed by atoms with Gasteiger partial charge < -0.3 is 29.9 Å². The molecule has 0 aromatic rings. The minimum Gasteiger partial charge on any atom is -0.464 e. The summed E-state index contributed by atoms with van der Waals surface area (Å²) in [6.07, 6.45) is -7.85. The summed E-state index contributed by atoms with van der Waals surface area (Å²) in [7, 11) is 0. The van der Waals surface area contributed by atoms with Crippen molar-refractivity contribution in [1.29, 1.82) is 0 Å². The monoisotopic (exact) mass is 270 g/mol. The highest BCUT2D eigenvalue weighted by atomic mass is 35.5. The van der Waals surface area contributed by atoms with Crippen molar-refractivity contribution in [2.75, 3.05) is 12.5 Å². The van der Waals surface area contributed by atoms with E-state index in [1.54, 1.807) is 0 Å². The number of carbonyl (C=O) groups is 1. The third-order valence-corrected chi connectivity index (χ3v) is 2.61. The van der Waals surface area contributed by atoms with E-state index in [2.05, 4.69) is 4.74 Å². The lowest BCUT2D eigenvalue weighted by atomic mass is 9.99. The van der Waals surface area contributed by atoms with E-state index in [1.165, 1.54) is 0 Å². The number of alkyl halides is 1. The molecule has 0 spiro atoms. The van der Waals surface area contributed by atoms with Crippen LogP contribution in [0.15, 0.2) is 0 Å². The van der Waals surface area contributed by atoms with Crippen LogP contribution in [0.25, 0.3) is 0 Å². The van der Waals surface area contributed by atoms with Crippen LogP contribution in [0.3, 0.4) is 0 Å². The molecule has 1 rings (SSSR count). The topological polar surface area (TPSA) is 116 Å². The van der Waals surface area contributed by atoms with Gasteiger partial charge in [0.05, 0.1) is 6.61 Å². The molecule has 5 atom stereocenters. The Hall–Kier alpha value is -0.440. The lowest BCUT2D eigenvalue weighted by Gasteiger charge is -2.36. The van der Waals surface area contributed by atoms with Gasteiger partial charge in [0.25, 0.3) is 0 Å². The van der Waals surface area contributed by atoms with E-state index in [9.17, 15) is 25.2 Å². The molecule has 7 nitrogen and oxygen atoms in total. The summed E-state index contributed by atoms with van der Waals surface area (Å²) < 4.78 is 9.37. The Kier molecular flexibility index (Phi) is 5.57. The molecular weight excluding hydrogens is 256 g/mol. The first-order valence-corrected chi connectivity index (χ1v) is 5.62. The Labute approximate surface area is 103 Å². The highest BCUT2D eigenvalue weighted by molar-refractivity contribution is 6.17. The van der Waals surface area contributed by atoms with Crippen molar-refractivity contribution in [2.24, 2.45) is 0 Å². The van der Waals surface area contributed by atoms with Gasteiger partial charge in [-0.1, -0.05) is 0 Å². The maximum Gasteiger partial charge on any atom is 0.338 e. The Balaban J connectivity index is 2.54. The van der Waals surface area contributed by atoms with E-state index in [4.69, 9.17) is 16.3 Å². The Bertz CT molecular complexity index is 262. The van der Waals surface area contributed by atoms with Crippen molar-refractivity contribution < 1.29 is 34.7 Å². The van der Waals surface area contributed by atoms with Gasteiger partial charge in [0, 0.05) is 5.88 Å². The quantitative estimate of drug-likeness (QED) is 0.264. The van der Waals surface area contributed by atoms with Crippen LogP contribution in [0.5, 0.6) is 0 Å². The van der Waals surface area contributed by atoms with Crippen LogP contribution in [-0.2, 0) is 14.3 Å². The van der Waals surface area contributed by atoms with Gasteiger partial charge in [-0.15, -0.1) is 11.6 Å². The number of ether oxygens (including phenoxy) is 2. The maximum atomic E-state index is 11.4. The predicted octanol–water partition coefficient (Wildman–Crippen LogP) is -2.04. The van der Waals surface area contributed by atoms with Gasteiger partial charge in [-0.05, 0) is 6.42 Å². The van der Waals surface area contributed by atoms with Gasteiger partial charge in [-0.3, -0.25) is 0 Å². The first kappa shape index (κ1) is 14.6. The lowest BCUT2D eigenvalue weighted by molar-refractivity contribution is -0.281. The van der Waals surface area contributed by atoms with E-state index >= 15 is 0 Å². The third-order valence-electron chi connectivity index (χ3n) is 2.34. The smallest absolute Gasteiger partial charge is 0.338 e. The number of aliphatic hydroxyl groups excluding tert-OH is 4. The molecule has 0 saturated carbocycles. The average Bonchev–Trinajstić information content (AvgIpc) is 2.31. The molecule has 1 aliphatic heterocycles. The van der Waals surface area contributed by atoms with Gasteiger partial charge in [-0.2, -0.15) is 0 Å². The lowest BCUT2D eigenvalue weighted by Crippen LogP contribution is -2.60. The summed E-state index contributed by atoms with van der Waals surface area (Å²) in [4.78, 5) is 11.4. The van der Waals surface area contributed by atoms with Gasteiger partial charge in [0.1, 0.15) is 18.3 Å². The molecule has 1 fully saturated rings. The summed E-state index contributed by atoms with van der Waals surface area (Å²) in [5.41, 5.74) is 0. The second-order valence-electron chi connectivity index (χ2n) is 3.63. The Morgan fingerprint density at radius 1 is 1.18 bits per heavy atom. The summed E-state index contributed by atoms with van der Waals surface area (Å²) >= 11 is 5.38. The van der Waals surface area contributed by atoms with Crippen molar-refractivity contribution in [3.63, 3.8) is 0 Å². The van der Waals surface area contributed by atoms with E-state index in [1.807, 2.05) is 0 Å². The third kappa shape index (κ3) is 3.51. The minimum absolute atomic E-state index is 0.0453. The van der Waals surface area contributed by atoms with Crippen LogP contribution in [0.2, 0.25) is 0 Å². The molecule has 0 aliphatic carbocycles. The molecule has 0 radical (unpaired) electrons. The molecule has 8 heteroatoms. The fourth-order valence-corrected chi connectivity index (χ4v) is 1.47. The molecule has 17 heavy (non-hydrogen) atoms. The van der Waals surface area contributed by atoms with Crippen LogP contribution in [0.1, 0.15) is 6.42 Å². The normalized spacial score (nSPS) is 37.8. The fourth-order valence-electron chi connectivity index (χ4n) is 1.37. The van der Waals surface area contributed by atoms with Gasteiger partial charge in [0.2, 0.25) is 0 Å². The molecule has 100 valence electrons. The van der Waals surface area contributed by atoms with Crippen LogP contribution in [0, 0.1) is 0 Å². The number of carbonyl (C=O) groups excluding carboxylic acids is 1. The maximum absolute atomic E-state index is 11.4. The second kappa shape index (κ2) is 6.48. The molecule has 1 heterocycles. The highest BCUT2D eigenvalue weighted by Crippen LogP contribution is 2.20. The van der Waals surface area contributed by atoms with Crippen molar-refractivity contribution >= 4 is 17.6 Å². The number of aliphatic hydroxyl groups is 4. The van der Waals surface area contributed by atoms with Crippen LogP contribution < -0.4 is 0 Å². The van der Waals surface area contributed by atoms with Gasteiger partial charge >= 0.3 is 5.97 Å². The number of rotatable bonds is 4. The molecule has 0 aromatic heterocycles. The van der Waals surface area contributed by atoms with E-state index in [-0.39, 0.29) is 6.61 Å². The first-order valence-electron chi connectivity index (χ1n) is 5.09. The fraction of sp³-hybridized carbons (Fsp3) is 0.889. The second-order valence-corrected chi connectivity index (χ2v) is 4.01. The number of hydrogen-bond donors (Lipinski definition) is 4. The van der Waals surface area contributed by atoms with Gasteiger partial charge in [0.15, 0.2) is 12.4 Å². The molecular formula is C9H15ClO7. The molecule has 0 bridgehead atoms. The highest BCUT2D eigenvalue weighted by Gasteiger charge is 2.46. The minimum atomic E-state index is -1.75. The molecule has 1 aliphatic rings. The van der Waals surface area contributed by atoms with E-state index in [0.29, 0.717) is 12.3 Å². The Morgan fingerprint density at radius 3 is 2.41 bits per heavy atom. The summed E-state index contributed by atoms with van der Waals surface area (Å²) in [5.74, 6) is -0.613. The molecule has 1 saturated heterocycles. The number of esters is 1.